The lowest BCUT2D eigenvalue weighted by Crippen LogP contribution is -2.33. The third kappa shape index (κ3) is 6.23. The van der Waals surface area contributed by atoms with Crippen molar-refractivity contribution < 1.29 is 17.9 Å². The molecular weight excluding hydrogens is 271 g/mol. The first-order valence-electron chi connectivity index (χ1n) is 6.25. The fourth-order valence-corrected chi connectivity index (χ4v) is 1.70. The number of alkyl halides is 3. The van der Waals surface area contributed by atoms with Gasteiger partial charge in [-0.2, -0.15) is 0 Å². The molecule has 114 valence electrons. The quantitative estimate of drug-likeness (QED) is 0.803. The van der Waals surface area contributed by atoms with E-state index in [1.54, 1.807) is 12.1 Å². The fourth-order valence-electron chi connectivity index (χ4n) is 1.70. The van der Waals surface area contributed by atoms with Crippen LogP contribution in [0.4, 0.5) is 13.2 Å². The number of nitrogens with zero attached hydrogens (tertiary/aromatic N) is 1. The molecule has 0 saturated carbocycles. The van der Waals surface area contributed by atoms with E-state index in [9.17, 15) is 13.2 Å². The summed E-state index contributed by atoms with van der Waals surface area (Å²) < 4.78 is 40.0. The highest BCUT2D eigenvalue weighted by molar-refractivity contribution is 5.29. The van der Waals surface area contributed by atoms with Crippen molar-refractivity contribution in [2.75, 3.05) is 33.7 Å². The van der Waals surface area contributed by atoms with Crippen molar-refractivity contribution in [3.8, 4) is 5.75 Å². The Morgan fingerprint density at radius 2 is 1.85 bits per heavy atom. The van der Waals surface area contributed by atoms with Crippen molar-refractivity contribution in [1.29, 1.82) is 0 Å². The van der Waals surface area contributed by atoms with Crippen LogP contribution in [0.5, 0.6) is 5.75 Å². The number of halogens is 3. The van der Waals surface area contributed by atoms with Crippen molar-refractivity contribution in [1.82, 2.24) is 10.2 Å². The fraction of sp³-hybridized carbons (Fsp3) is 0.538. The topological polar surface area (TPSA) is 50.5 Å². The van der Waals surface area contributed by atoms with Crippen molar-refractivity contribution in [3.05, 3.63) is 29.8 Å². The van der Waals surface area contributed by atoms with Crippen LogP contribution in [0.15, 0.2) is 24.3 Å². The van der Waals surface area contributed by atoms with Crippen molar-refractivity contribution in [3.63, 3.8) is 0 Å². The Bertz CT molecular complexity index is 393. The van der Waals surface area contributed by atoms with E-state index < -0.39 is 6.36 Å². The number of hydrogen-bond acceptors (Lipinski definition) is 4. The van der Waals surface area contributed by atoms with Crippen molar-refractivity contribution in [2.45, 2.75) is 12.4 Å². The van der Waals surface area contributed by atoms with E-state index >= 15 is 0 Å². The van der Waals surface area contributed by atoms with Crippen LogP contribution in [0.25, 0.3) is 0 Å². The summed E-state index contributed by atoms with van der Waals surface area (Å²) in [5.74, 6) is -0.231. The van der Waals surface area contributed by atoms with Gasteiger partial charge in [-0.1, -0.05) is 12.1 Å². The molecule has 3 N–H and O–H groups in total. The predicted octanol–water partition coefficient (Wildman–Crippen LogP) is 1.74. The number of nitrogens with one attached hydrogen (secondary N) is 1. The number of likely N-dealkylation sites (N-methyl/N-ethyl adjacent to an activating group) is 1. The van der Waals surface area contributed by atoms with Gasteiger partial charge >= 0.3 is 6.36 Å². The van der Waals surface area contributed by atoms with E-state index in [1.807, 2.05) is 19.0 Å². The van der Waals surface area contributed by atoms with E-state index in [-0.39, 0.29) is 11.8 Å². The third-order valence-corrected chi connectivity index (χ3v) is 2.70. The number of nitrogens with two attached hydrogens (primary N) is 1. The van der Waals surface area contributed by atoms with Gasteiger partial charge in [-0.05, 0) is 31.8 Å². The standard InChI is InChI=1S/C13H20F3N3O/c1-19(2)8-7-18-12(9-17)10-3-5-11(6-4-10)20-13(14,15)16/h3-6,12,18H,7-9,17H2,1-2H3. The zero-order valence-electron chi connectivity index (χ0n) is 11.6. The molecule has 0 saturated heterocycles. The predicted molar refractivity (Wildman–Crippen MR) is 71.5 cm³/mol. The molecule has 0 aliphatic rings. The van der Waals surface area contributed by atoms with Crippen LogP contribution in [-0.2, 0) is 0 Å². The smallest absolute Gasteiger partial charge is 0.406 e. The van der Waals surface area contributed by atoms with Gasteiger partial charge in [-0.25, -0.2) is 0 Å². The highest BCUT2D eigenvalue weighted by Gasteiger charge is 2.31. The second kappa shape index (κ2) is 7.47. The third-order valence-electron chi connectivity index (χ3n) is 2.70. The van der Waals surface area contributed by atoms with Gasteiger partial charge in [-0.15, -0.1) is 13.2 Å². The summed E-state index contributed by atoms with van der Waals surface area (Å²) in [7, 11) is 3.92. The molecule has 20 heavy (non-hydrogen) atoms. The maximum Gasteiger partial charge on any atom is 0.573 e. The number of ether oxygens (including phenoxy) is 1. The molecule has 1 aromatic carbocycles. The molecular formula is C13H20F3N3O. The molecule has 0 radical (unpaired) electrons. The average molecular weight is 291 g/mol. The van der Waals surface area contributed by atoms with Crippen LogP contribution >= 0.6 is 0 Å². The minimum absolute atomic E-state index is 0.0881. The van der Waals surface area contributed by atoms with E-state index in [2.05, 4.69) is 10.1 Å². The Balaban J connectivity index is 2.60. The Labute approximate surface area is 116 Å². The minimum Gasteiger partial charge on any atom is -0.406 e. The average Bonchev–Trinajstić information content (AvgIpc) is 2.34. The lowest BCUT2D eigenvalue weighted by Gasteiger charge is -2.19. The van der Waals surface area contributed by atoms with E-state index in [0.29, 0.717) is 6.54 Å². The maximum absolute atomic E-state index is 12.0. The first-order valence-corrected chi connectivity index (χ1v) is 6.25. The first kappa shape index (κ1) is 16.7. The van der Waals surface area contributed by atoms with Crippen LogP contribution in [-0.4, -0.2) is 45.0 Å². The summed E-state index contributed by atoms with van der Waals surface area (Å²) in [5.41, 5.74) is 6.51. The summed E-state index contributed by atoms with van der Waals surface area (Å²) >= 11 is 0. The van der Waals surface area contributed by atoms with Crippen molar-refractivity contribution in [2.24, 2.45) is 5.73 Å². The molecule has 0 aromatic heterocycles. The second-order valence-corrected chi connectivity index (χ2v) is 4.66. The molecule has 0 aliphatic carbocycles. The minimum atomic E-state index is -4.67. The number of hydrogen-bond donors (Lipinski definition) is 2. The summed E-state index contributed by atoms with van der Waals surface area (Å²) in [5, 5.41) is 3.26. The molecule has 0 spiro atoms. The summed E-state index contributed by atoms with van der Waals surface area (Å²) in [6.07, 6.45) is -4.67. The van der Waals surface area contributed by atoms with Gasteiger partial charge in [0.05, 0.1) is 0 Å². The van der Waals surface area contributed by atoms with Gasteiger partial charge in [0.25, 0.3) is 0 Å². The molecule has 0 fully saturated rings. The van der Waals surface area contributed by atoms with Gasteiger partial charge < -0.3 is 20.7 Å². The number of rotatable bonds is 7. The maximum atomic E-state index is 12.0. The monoisotopic (exact) mass is 291 g/mol. The molecule has 4 nitrogen and oxygen atoms in total. The van der Waals surface area contributed by atoms with Crippen LogP contribution in [0.1, 0.15) is 11.6 Å². The molecule has 1 atom stereocenters. The van der Waals surface area contributed by atoms with E-state index in [4.69, 9.17) is 5.73 Å². The summed E-state index contributed by atoms with van der Waals surface area (Å²) in [4.78, 5) is 2.03. The highest BCUT2D eigenvalue weighted by Crippen LogP contribution is 2.24. The Morgan fingerprint density at radius 3 is 2.30 bits per heavy atom. The molecule has 0 amide bonds. The highest BCUT2D eigenvalue weighted by atomic mass is 19.4. The van der Waals surface area contributed by atoms with E-state index in [0.717, 1.165) is 18.7 Å². The van der Waals surface area contributed by atoms with Crippen LogP contribution < -0.4 is 15.8 Å². The summed E-state index contributed by atoms with van der Waals surface area (Å²) in [6.45, 7) is 1.97. The lowest BCUT2D eigenvalue weighted by molar-refractivity contribution is -0.274. The van der Waals surface area contributed by atoms with Crippen molar-refractivity contribution >= 4 is 0 Å². The molecule has 1 unspecified atom stereocenters. The van der Waals surface area contributed by atoms with Gasteiger partial charge in [-0.3, -0.25) is 0 Å². The van der Waals surface area contributed by atoms with Gasteiger partial charge in [0.15, 0.2) is 0 Å². The summed E-state index contributed by atoms with van der Waals surface area (Å²) in [6, 6.07) is 5.66. The molecule has 0 heterocycles. The molecule has 0 aliphatic heterocycles. The number of benzene rings is 1. The normalized spacial score (nSPS) is 13.6. The molecule has 0 bridgehead atoms. The molecule has 1 aromatic rings. The van der Waals surface area contributed by atoms with Crippen LogP contribution in [0, 0.1) is 0 Å². The Hall–Kier alpha value is -1.31. The van der Waals surface area contributed by atoms with Crippen LogP contribution in [0.3, 0.4) is 0 Å². The Morgan fingerprint density at radius 1 is 1.25 bits per heavy atom. The first-order chi connectivity index (χ1) is 9.31. The SMILES string of the molecule is CN(C)CCNC(CN)c1ccc(OC(F)(F)F)cc1. The largest absolute Gasteiger partial charge is 0.573 e. The zero-order valence-corrected chi connectivity index (χ0v) is 11.6. The lowest BCUT2D eigenvalue weighted by atomic mass is 10.1. The van der Waals surface area contributed by atoms with Gasteiger partial charge in [0.1, 0.15) is 5.75 Å². The Kier molecular flexibility index (Phi) is 6.25. The van der Waals surface area contributed by atoms with Crippen LogP contribution in [0.2, 0.25) is 0 Å². The molecule has 1 rings (SSSR count). The van der Waals surface area contributed by atoms with Gasteiger partial charge in [0, 0.05) is 25.7 Å². The van der Waals surface area contributed by atoms with E-state index in [1.165, 1.54) is 12.1 Å². The zero-order chi connectivity index (χ0) is 15.2. The van der Waals surface area contributed by atoms with Gasteiger partial charge in [0.2, 0.25) is 0 Å². The molecule has 7 heteroatoms. The second-order valence-electron chi connectivity index (χ2n) is 4.66.